The molecule has 2 N–H and O–H groups in total. The van der Waals surface area contributed by atoms with Crippen LogP contribution < -0.4 is 9.44 Å². The molecular formula is C19H42N2O4S2. The molecule has 0 radical (unpaired) electrons. The molecule has 0 aliphatic heterocycles. The fourth-order valence-electron chi connectivity index (χ4n) is 2.91. The van der Waals surface area contributed by atoms with Crippen LogP contribution in [0, 0.1) is 0 Å². The summed E-state index contributed by atoms with van der Waals surface area (Å²) in [4.78, 5) is 0. The van der Waals surface area contributed by atoms with Gasteiger partial charge in [0.1, 0.15) is 0 Å². The van der Waals surface area contributed by atoms with Gasteiger partial charge in [0.05, 0.1) is 0 Å². The molecule has 0 saturated heterocycles. The van der Waals surface area contributed by atoms with E-state index in [0.29, 0.717) is 13.1 Å². The van der Waals surface area contributed by atoms with Gasteiger partial charge in [-0.15, -0.1) is 0 Å². The van der Waals surface area contributed by atoms with Gasteiger partial charge in [0.15, 0.2) is 5.08 Å². The lowest BCUT2D eigenvalue weighted by atomic mass is 10.1. The highest BCUT2D eigenvalue weighted by Gasteiger charge is 2.21. The SMILES string of the molecule is CCCCCCCCCNS(=O)(=O)CS(=O)(=O)NCCCCCCCCC. The molecule has 0 amide bonds. The number of rotatable bonds is 20. The molecule has 0 bridgehead atoms. The normalized spacial score (nSPS) is 12.5. The van der Waals surface area contributed by atoms with Crippen LogP contribution in [0.4, 0.5) is 0 Å². The minimum Gasteiger partial charge on any atom is -0.214 e. The number of nitrogens with one attached hydrogen (secondary N) is 2. The number of unbranched alkanes of at least 4 members (excludes halogenated alkanes) is 12. The molecule has 6 nitrogen and oxygen atoms in total. The molecule has 27 heavy (non-hydrogen) atoms. The molecule has 0 spiro atoms. The molecule has 0 fully saturated rings. The Kier molecular flexibility index (Phi) is 16.6. The van der Waals surface area contributed by atoms with Gasteiger partial charge in [-0.3, -0.25) is 0 Å². The fraction of sp³-hybridized carbons (Fsp3) is 1.00. The molecule has 0 heterocycles. The van der Waals surface area contributed by atoms with E-state index in [1.54, 1.807) is 0 Å². The predicted octanol–water partition coefficient (Wildman–Crippen LogP) is 4.28. The van der Waals surface area contributed by atoms with Gasteiger partial charge in [-0.2, -0.15) is 0 Å². The van der Waals surface area contributed by atoms with Gasteiger partial charge in [-0.25, -0.2) is 26.3 Å². The molecule has 0 aliphatic carbocycles. The summed E-state index contributed by atoms with van der Waals surface area (Å²) in [5.74, 6) is 0. The Morgan fingerprint density at radius 2 is 0.778 bits per heavy atom. The Balaban J connectivity index is 3.80. The van der Waals surface area contributed by atoms with E-state index in [0.717, 1.165) is 38.5 Å². The number of hydrogen-bond donors (Lipinski definition) is 2. The van der Waals surface area contributed by atoms with E-state index in [9.17, 15) is 16.8 Å². The minimum atomic E-state index is -3.80. The van der Waals surface area contributed by atoms with Crippen LogP contribution in [-0.4, -0.2) is 35.0 Å². The maximum absolute atomic E-state index is 11.9. The molecule has 0 aromatic heterocycles. The molecule has 0 atom stereocenters. The predicted molar refractivity (Wildman–Crippen MR) is 115 cm³/mol. The van der Waals surface area contributed by atoms with Gasteiger partial charge >= 0.3 is 0 Å². The quantitative estimate of drug-likeness (QED) is 0.284. The van der Waals surface area contributed by atoms with E-state index in [1.165, 1.54) is 51.4 Å². The van der Waals surface area contributed by atoms with E-state index in [1.807, 2.05) is 0 Å². The van der Waals surface area contributed by atoms with Crippen molar-refractivity contribution in [2.24, 2.45) is 0 Å². The highest BCUT2D eigenvalue weighted by Crippen LogP contribution is 2.07. The first-order valence-electron chi connectivity index (χ1n) is 10.8. The molecule has 0 aliphatic rings. The Morgan fingerprint density at radius 1 is 0.481 bits per heavy atom. The molecule has 0 rings (SSSR count). The van der Waals surface area contributed by atoms with E-state index in [2.05, 4.69) is 23.3 Å². The first-order valence-corrected chi connectivity index (χ1v) is 14.1. The third-order valence-corrected chi connectivity index (χ3v) is 8.29. The lowest BCUT2D eigenvalue weighted by molar-refractivity contribution is 0.558. The molecule has 0 aromatic rings. The van der Waals surface area contributed by atoms with Crippen molar-refractivity contribution in [1.82, 2.24) is 9.44 Å². The van der Waals surface area contributed by atoms with Gasteiger partial charge in [0, 0.05) is 13.1 Å². The second-order valence-electron chi connectivity index (χ2n) is 7.38. The van der Waals surface area contributed by atoms with Crippen LogP contribution in [-0.2, 0) is 20.0 Å². The van der Waals surface area contributed by atoms with Crippen molar-refractivity contribution in [2.45, 2.75) is 104 Å². The van der Waals surface area contributed by atoms with E-state index in [-0.39, 0.29) is 0 Å². The van der Waals surface area contributed by atoms with E-state index in [4.69, 9.17) is 0 Å². The van der Waals surface area contributed by atoms with Crippen molar-refractivity contribution in [2.75, 3.05) is 18.2 Å². The van der Waals surface area contributed by atoms with Crippen molar-refractivity contribution in [3.8, 4) is 0 Å². The molecule has 0 aromatic carbocycles. The van der Waals surface area contributed by atoms with Crippen LogP contribution in [0.25, 0.3) is 0 Å². The smallest absolute Gasteiger partial charge is 0.214 e. The van der Waals surface area contributed by atoms with E-state index < -0.39 is 25.1 Å². The first-order chi connectivity index (χ1) is 12.8. The number of hydrogen-bond acceptors (Lipinski definition) is 4. The Hall–Kier alpha value is -0.180. The van der Waals surface area contributed by atoms with Gasteiger partial charge in [0.2, 0.25) is 20.0 Å². The highest BCUT2D eigenvalue weighted by atomic mass is 32.3. The van der Waals surface area contributed by atoms with Crippen LogP contribution in [0.5, 0.6) is 0 Å². The van der Waals surface area contributed by atoms with Crippen molar-refractivity contribution < 1.29 is 16.8 Å². The largest absolute Gasteiger partial charge is 0.227 e. The maximum Gasteiger partial charge on any atom is 0.227 e. The van der Waals surface area contributed by atoms with Gasteiger partial charge in [-0.1, -0.05) is 90.9 Å². The van der Waals surface area contributed by atoms with Crippen LogP contribution in [0.2, 0.25) is 0 Å². The maximum atomic E-state index is 11.9. The fourth-order valence-corrected chi connectivity index (χ4v) is 6.12. The minimum absolute atomic E-state index is 0.309. The summed E-state index contributed by atoms with van der Waals surface area (Å²) in [5.41, 5.74) is 0. The number of sulfonamides is 2. The third kappa shape index (κ3) is 18.9. The lowest BCUT2D eigenvalue weighted by Crippen LogP contribution is -2.36. The summed E-state index contributed by atoms with van der Waals surface area (Å²) in [5, 5.41) is -0.882. The molecule has 0 saturated carbocycles. The topological polar surface area (TPSA) is 92.3 Å². The van der Waals surface area contributed by atoms with Gasteiger partial charge < -0.3 is 0 Å². The standard InChI is InChI=1S/C19H42N2O4S2/c1-3-5-7-9-11-13-15-17-20-26(22,23)19-27(24,25)21-18-16-14-12-10-8-6-4-2/h20-21H,3-19H2,1-2H3. The van der Waals surface area contributed by atoms with Gasteiger partial charge in [-0.05, 0) is 12.8 Å². The van der Waals surface area contributed by atoms with E-state index >= 15 is 0 Å². The summed E-state index contributed by atoms with van der Waals surface area (Å²) in [6, 6.07) is 0. The summed E-state index contributed by atoms with van der Waals surface area (Å²) < 4.78 is 52.5. The van der Waals surface area contributed by atoms with Crippen LogP contribution in [0.15, 0.2) is 0 Å². The summed E-state index contributed by atoms with van der Waals surface area (Å²) in [6.45, 7) is 4.96. The molecule has 164 valence electrons. The zero-order valence-electron chi connectivity index (χ0n) is 17.5. The second-order valence-corrected chi connectivity index (χ2v) is 11.4. The van der Waals surface area contributed by atoms with Crippen molar-refractivity contribution in [3.63, 3.8) is 0 Å². The van der Waals surface area contributed by atoms with Crippen LogP contribution in [0.1, 0.15) is 104 Å². The average molecular weight is 427 g/mol. The first kappa shape index (κ1) is 26.8. The Bertz CT molecular complexity index is 486. The Morgan fingerprint density at radius 3 is 1.11 bits per heavy atom. The summed E-state index contributed by atoms with van der Waals surface area (Å²) in [7, 11) is -7.60. The van der Waals surface area contributed by atoms with Crippen LogP contribution in [0.3, 0.4) is 0 Å². The lowest BCUT2D eigenvalue weighted by Gasteiger charge is -2.09. The molecule has 0 unspecified atom stereocenters. The van der Waals surface area contributed by atoms with Crippen molar-refractivity contribution >= 4 is 20.0 Å². The third-order valence-electron chi connectivity index (χ3n) is 4.51. The molecular weight excluding hydrogens is 384 g/mol. The zero-order chi connectivity index (χ0) is 20.4. The van der Waals surface area contributed by atoms with Gasteiger partial charge in [0.25, 0.3) is 0 Å². The van der Waals surface area contributed by atoms with Crippen molar-refractivity contribution in [1.29, 1.82) is 0 Å². The molecule has 8 heteroatoms. The Labute approximate surface area is 168 Å². The average Bonchev–Trinajstić information content (AvgIpc) is 2.58. The summed E-state index contributed by atoms with van der Waals surface area (Å²) >= 11 is 0. The highest BCUT2D eigenvalue weighted by molar-refractivity contribution is 8.06. The summed E-state index contributed by atoms with van der Waals surface area (Å²) in [6.07, 6.45) is 15.3. The van der Waals surface area contributed by atoms with Crippen molar-refractivity contribution in [3.05, 3.63) is 0 Å². The second kappa shape index (κ2) is 16.7. The van der Waals surface area contributed by atoms with Crippen LogP contribution >= 0.6 is 0 Å². The zero-order valence-corrected chi connectivity index (χ0v) is 19.1. The monoisotopic (exact) mass is 426 g/mol.